The summed E-state index contributed by atoms with van der Waals surface area (Å²) in [5.41, 5.74) is 1.82. The number of nitrogens with zero attached hydrogens (tertiary/aromatic N) is 2. The van der Waals surface area contributed by atoms with Crippen LogP contribution in [0.15, 0.2) is 60.9 Å². The molecule has 3 rings (SSSR count). The molecule has 0 unspecified atom stereocenters. The number of carbonyl (C=O) groups excluding carboxylic acids is 2. The van der Waals surface area contributed by atoms with Gasteiger partial charge in [-0.15, -0.1) is 0 Å². The number of nitrogens with one attached hydrogen (secondary N) is 2. The standard InChI is InChI=1S/C17H14N4O2/c22-16(20-11-13-7-1-2-9-18-13)17(23)21-14-8-3-5-12-6-4-10-19-15(12)14/h1-10H,11H2,(H,20,22)(H,21,23). The topological polar surface area (TPSA) is 84.0 Å². The van der Waals surface area contributed by atoms with Gasteiger partial charge in [-0.25, -0.2) is 0 Å². The first-order valence-corrected chi connectivity index (χ1v) is 7.07. The Bertz CT molecular complexity index is 844. The van der Waals surface area contributed by atoms with Crippen molar-refractivity contribution >= 4 is 28.4 Å². The van der Waals surface area contributed by atoms with E-state index in [0.717, 1.165) is 5.39 Å². The van der Waals surface area contributed by atoms with E-state index in [0.29, 0.717) is 16.9 Å². The first kappa shape index (κ1) is 14.6. The second-order valence-electron chi connectivity index (χ2n) is 4.84. The summed E-state index contributed by atoms with van der Waals surface area (Å²) >= 11 is 0. The second-order valence-corrected chi connectivity index (χ2v) is 4.84. The van der Waals surface area contributed by atoms with Crippen LogP contribution in [-0.4, -0.2) is 21.8 Å². The smallest absolute Gasteiger partial charge is 0.313 e. The van der Waals surface area contributed by atoms with E-state index in [-0.39, 0.29) is 6.54 Å². The number of benzene rings is 1. The van der Waals surface area contributed by atoms with Gasteiger partial charge in [0.25, 0.3) is 0 Å². The molecular formula is C17H14N4O2. The van der Waals surface area contributed by atoms with E-state index < -0.39 is 11.8 Å². The Hall–Kier alpha value is -3.28. The van der Waals surface area contributed by atoms with Gasteiger partial charge in [0.05, 0.1) is 23.4 Å². The summed E-state index contributed by atoms with van der Waals surface area (Å²) in [6.07, 6.45) is 3.27. The van der Waals surface area contributed by atoms with Gasteiger partial charge in [-0.3, -0.25) is 19.6 Å². The van der Waals surface area contributed by atoms with Gasteiger partial charge >= 0.3 is 11.8 Å². The third kappa shape index (κ3) is 3.49. The highest BCUT2D eigenvalue weighted by Gasteiger charge is 2.15. The lowest BCUT2D eigenvalue weighted by Crippen LogP contribution is -2.35. The van der Waals surface area contributed by atoms with Gasteiger partial charge in [-0.2, -0.15) is 0 Å². The molecule has 0 spiro atoms. The molecule has 2 N–H and O–H groups in total. The molecule has 0 atom stereocenters. The SMILES string of the molecule is O=C(NCc1ccccn1)C(=O)Nc1cccc2cccnc12. The van der Waals surface area contributed by atoms with Crippen LogP contribution in [-0.2, 0) is 16.1 Å². The lowest BCUT2D eigenvalue weighted by atomic mass is 10.2. The molecule has 0 saturated carbocycles. The molecule has 2 aromatic heterocycles. The molecule has 0 aliphatic heterocycles. The third-order valence-electron chi connectivity index (χ3n) is 3.24. The zero-order valence-corrected chi connectivity index (χ0v) is 12.2. The molecule has 1 aromatic carbocycles. The molecule has 0 aliphatic rings. The van der Waals surface area contributed by atoms with Crippen molar-refractivity contribution in [2.75, 3.05) is 5.32 Å². The normalized spacial score (nSPS) is 10.3. The average molecular weight is 306 g/mol. The minimum absolute atomic E-state index is 0.195. The molecule has 23 heavy (non-hydrogen) atoms. The number of pyridine rings is 2. The van der Waals surface area contributed by atoms with Crippen molar-refractivity contribution in [1.29, 1.82) is 0 Å². The number of rotatable bonds is 3. The minimum atomic E-state index is -0.737. The van der Waals surface area contributed by atoms with Crippen LogP contribution < -0.4 is 10.6 Å². The number of amides is 2. The minimum Gasteiger partial charge on any atom is -0.342 e. The summed E-state index contributed by atoms with van der Waals surface area (Å²) in [5, 5.41) is 6.01. The van der Waals surface area contributed by atoms with E-state index >= 15 is 0 Å². The summed E-state index contributed by atoms with van der Waals surface area (Å²) in [7, 11) is 0. The zero-order chi connectivity index (χ0) is 16.1. The Balaban J connectivity index is 1.67. The fourth-order valence-electron chi connectivity index (χ4n) is 2.14. The van der Waals surface area contributed by atoms with Crippen molar-refractivity contribution in [3.63, 3.8) is 0 Å². The number of hydrogen-bond donors (Lipinski definition) is 2. The molecule has 6 nitrogen and oxygen atoms in total. The van der Waals surface area contributed by atoms with Crippen molar-refractivity contribution in [2.45, 2.75) is 6.54 Å². The van der Waals surface area contributed by atoms with Crippen molar-refractivity contribution < 1.29 is 9.59 Å². The molecule has 0 bridgehead atoms. The molecule has 0 saturated heterocycles. The van der Waals surface area contributed by atoms with E-state index in [1.807, 2.05) is 24.3 Å². The molecule has 3 aromatic rings. The quantitative estimate of drug-likeness (QED) is 0.724. The van der Waals surface area contributed by atoms with Crippen LogP contribution in [0.4, 0.5) is 5.69 Å². The number of carbonyl (C=O) groups is 2. The summed E-state index contributed by atoms with van der Waals surface area (Å²) in [5.74, 6) is -1.46. The maximum atomic E-state index is 12.0. The first-order chi connectivity index (χ1) is 11.2. The van der Waals surface area contributed by atoms with Crippen LogP contribution in [0.1, 0.15) is 5.69 Å². The largest absolute Gasteiger partial charge is 0.342 e. The molecular weight excluding hydrogens is 292 g/mol. The molecule has 0 aliphatic carbocycles. The predicted molar refractivity (Wildman–Crippen MR) is 86.5 cm³/mol. The van der Waals surface area contributed by atoms with E-state index in [9.17, 15) is 9.59 Å². The maximum absolute atomic E-state index is 12.0. The number of para-hydroxylation sites is 1. The van der Waals surface area contributed by atoms with Gasteiger partial charge in [0, 0.05) is 17.8 Å². The molecule has 6 heteroatoms. The van der Waals surface area contributed by atoms with Gasteiger partial charge in [-0.1, -0.05) is 24.3 Å². The number of anilines is 1. The third-order valence-corrected chi connectivity index (χ3v) is 3.24. The molecule has 0 fully saturated rings. The number of aromatic nitrogens is 2. The molecule has 2 amide bonds. The van der Waals surface area contributed by atoms with Crippen LogP contribution in [0.3, 0.4) is 0 Å². The van der Waals surface area contributed by atoms with Crippen molar-refractivity contribution in [2.24, 2.45) is 0 Å². The highest BCUT2D eigenvalue weighted by molar-refractivity contribution is 6.40. The van der Waals surface area contributed by atoms with Crippen molar-refractivity contribution in [1.82, 2.24) is 15.3 Å². The lowest BCUT2D eigenvalue weighted by Gasteiger charge is -2.08. The Morgan fingerprint density at radius 2 is 1.70 bits per heavy atom. The van der Waals surface area contributed by atoms with Crippen LogP contribution in [0.25, 0.3) is 10.9 Å². The first-order valence-electron chi connectivity index (χ1n) is 7.07. The molecule has 2 heterocycles. The summed E-state index contributed by atoms with van der Waals surface area (Å²) in [6, 6.07) is 14.5. The Kier molecular flexibility index (Phi) is 4.24. The van der Waals surface area contributed by atoms with E-state index in [1.54, 1.807) is 36.7 Å². The maximum Gasteiger partial charge on any atom is 0.313 e. The van der Waals surface area contributed by atoms with Crippen molar-refractivity contribution in [3.8, 4) is 0 Å². The van der Waals surface area contributed by atoms with Crippen LogP contribution in [0.5, 0.6) is 0 Å². The highest BCUT2D eigenvalue weighted by atomic mass is 16.2. The monoisotopic (exact) mass is 306 g/mol. The van der Waals surface area contributed by atoms with E-state index in [1.165, 1.54) is 0 Å². The number of hydrogen-bond acceptors (Lipinski definition) is 4. The van der Waals surface area contributed by atoms with Gasteiger partial charge in [0.1, 0.15) is 0 Å². The van der Waals surface area contributed by atoms with E-state index in [4.69, 9.17) is 0 Å². The fraction of sp³-hybridized carbons (Fsp3) is 0.0588. The Morgan fingerprint density at radius 3 is 2.52 bits per heavy atom. The Morgan fingerprint density at radius 1 is 0.870 bits per heavy atom. The van der Waals surface area contributed by atoms with Gasteiger partial charge in [0.2, 0.25) is 0 Å². The van der Waals surface area contributed by atoms with Crippen LogP contribution in [0.2, 0.25) is 0 Å². The second kappa shape index (κ2) is 6.65. The summed E-state index contributed by atoms with van der Waals surface area (Å²) in [6.45, 7) is 0.195. The fourth-order valence-corrected chi connectivity index (χ4v) is 2.14. The molecule has 114 valence electrons. The molecule has 0 radical (unpaired) electrons. The van der Waals surface area contributed by atoms with Gasteiger partial charge < -0.3 is 10.6 Å². The lowest BCUT2D eigenvalue weighted by molar-refractivity contribution is -0.136. The van der Waals surface area contributed by atoms with Crippen LogP contribution in [0, 0.1) is 0 Å². The van der Waals surface area contributed by atoms with Crippen LogP contribution >= 0.6 is 0 Å². The van der Waals surface area contributed by atoms with Gasteiger partial charge in [-0.05, 0) is 24.3 Å². The summed E-state index contributed by atoms with van der Waals surface area (Å²) in [4.78, 5) is 32.2. The van der Waals surface area contributed by atoms with E-state index in [2.05, 4.69) is 20.6 Å². The highest BCUT2D eigenvalue weighted by Crippen LogP contribution is 2.20. The van der Waals surface area contributed by atoms with Crippen molar-refractivity contribution in [3.05, 3.63) is 66.6 Å². The number of fused-ring (bicyclic) bond motifs is 1. The Labute approximate surface area is 132 Å². The zero-order valence-electron chi connectivity index (χ0n) is 12.2. The predicted octanol–water partition coefficient (Wildman–Crippen LogP) is 1.88. The van der Waals surface area contributed by atoms with Gasteiger partial charge in [0.15, 0.2) is 0 Å². The average Bonchev–Trinajstić information content (AvgIpc) is 2.61. The summed E-state index contributed by atoms with van der Waals surface area (Å²) < 4.78 is 0.